The summed E-state index contributed by atoms with van der Waals surface area (Å²) in [5.41, 5.74) is 1.15. The topological polar surface area (TPSA) is 9.23 Å². The minimum atomic E-state index is 0.825. The van der Waals surface area contributed by atoms with E-state index in [1.807, 2.05) is 69.3 Å². The van der Waals surface area contributed by atoms with Gasteiger partial charge in [-0.05, 0) is 42.8 Å². The number of hydrogen-bond acceptors (Lipinski definition) is 2. The Morgan fingerprint density at radius 1 is 0.882 bits per heavy atom. The highest BCUT2D eigenvalue weighted by Gasteiger charge is 1.98. The standard InChI is InChI=1S/C13H12OS.C2H6/c1-10-7-12(9-13(15)8-10)14-11-5-3-2-4-6-11;1-2/h2-9,15H,1H3;1-2H3. The maximum atomic E-state index is 5.69. The first-order valence-corrected chi connectivity index (χ1v) is 6.22. The minimum absolute atomic E-state index is 0.825. The van der Waals surface area contributed by atoms with Gasteiger partial charge in [0, 0.05) is 4.90 Å². The molecule has 2 rings (SSSR count). The summed E-state index contributed by atoms with van der Waals surface area (Å²) >= 11 is 4.31. The molecule has 0 saturated heterocycles. The van der Waals surface area contributed by atoms with E-state index in [9.17, 15) is 0 Å². The molecule has 0 bridgehead atoms. The molecule has 0 spiro atoms. The van der Waals surface area contributed by atoms with Crippen molar-refractivity contribution in [1.29, 1.82) is 0 Å². The average molecular weight is 246 g/mol. The van der Waals surface area contributed by atoms with Gasteiger partial charge in [0.05, 0.1) is 0 Å². The van der Waals surface area contributed by atoms with Gasteiger partial charge in [0.2, 0.25) is 0 Å². The van der Waals surface area contributed by atoms with Gasteiger partial charge in [0.25, 0.3) is 0 Å². The Labute approximate surface area is 109 Å². The number of para-hydroxylation sites is 1. The molecule has 0 aliphatic carbocycles. The van der Waals surface area contributed by atoms with Crippen molar-refractivity contribution in [2.45, 2.75) is 25.7 Å². The smallest absolute Gasteiger partial charge is 0.128 e. The van der Waals surface area contributed by atoms with Crippen LogP contribution in [0.25, 0.3) is 0 Å². The molecule has 1 nitrogen and oxygen atoms in total. The molecule has 0 fully saturated rings. The minimum Gasteiger partial charge on any atom is -0.457 e. The van der Waals surface area contributed by atoms with Crippen LogP contribution in [0.1, 0.15) is 19.4 Å². The molecule has 2 heteroatoms. The lowest BCUT2D eigenvalue weighted by Gasteiger charge is -2.06. The molecule has 0 heterocycles. The molecule has 0 N–H and O–H groups in total. The molecular formula is C15H18OS. The quantitative estimate of drug-likeness (QED) is 0.725. The van der Waals surface area contributed by atoms with Crippen molar-refractivity contribution in [3.05, 3.63) is 54.1 Å². The predicted octanol–water partition coefficient (Wildman–Crippen LogP) is 5.10. The number of aryl methyl sites for hydroxylation is 1. The fraction of sp³-hybridized carbons (Fsp3) is 0.200. The van der Waals surface area contributed by atoms with Gasteiger partial charge in [-0.25, -0.2) is 0 Å². The van der Waals surface area contributed by atoms with Gasteiger partial charge in [0.1, 0.15) is 11.5 Å². The lowest BCUT2D eigenvalue weighted by Crippen LogP contribution is -1.84. The van der Waals surface area contributed by atoms with E-state index < -0.39 is 0 Å². The molecule has 0 aliphatic rings. The molecule has 0 unspecified atom stereocenters. The monoisotopic (exact) mass is 246 g/mol. The number of rotatable bonds is 2. The molecular weight excluding hydrogens is 228 g/mol. The van der Waals surface area contributed by atoms with E-state index in [2.05, 4.69) is 12.6 Å². The summed E-state index contributed by atoms with van der Waals surface area (Å²) in [5.74, 6) is 1.67. The number of benzene rings is 2. The Hall–Kier alpha value is -1.41. The van der Waals surface area contributed by atoms with Gasteiger partial charge in [-0.15, -0.1) is 12.6 Å². The fourth-order valence-corrected chi connectivity index (χ4v) is 1.74. The summed E-state index contributed by atoms with van der Waals surface area (Å²) in [7, 11) is 0. The summed E-state index contributed by atoms with van der Waals surface area (Å²) < 4.78 is 5.69. The molecule has 0 aliphatic heterocycles. The van der Waals surface area contributed by atoms with Crippen LogP contribution in [0.2, 0.25) is 0 Å². The SMILES string of the molecule is CC.Cc1cc(S)cc(Oc2ccccc2)c1. The van der Waals surface area contributed by atoms with Crippen LogP contribution in [0, 0.1) is 6.92 Å². The van der Waals surface area contributed by atoms with E-state index in [-0.39, 0.29) is 0 Å². The Bertz CT molecular complexity index is 431. The second kappa shape index (κ2) is 7.02. The lowest BCUT2D eigenvalue weighted by molar-refractivity contribution is 0.481. The number of hydrogen-bond donors (Lipinski definition) is 1. The van der Waals surface area contributed by atoms with Gasteiger partial charge in [-0.2, -0.15) is 0 Å². The molecule has 0 radical (unpaired) electrons. The summed E-state index contributed by atoms with van der Waals surface area (Å²) in [6, 6.07) is 15.6. The van der Waals surface area contributed by atoms with Crippen LogP contribution in [0.15, 0.2) is 53.4 Å². The van der Waals surface area contributed by atoms with Crippen molar-refractivity contribution >= 4 is 12.6 Å². The maximum absolute atomic E-state index is 5.69. The highest BCUT2D eigenvalue weighted by atomic mass is 32.1. The molecule has 0 aromatic heterocycles. The maximum Gasteiger partial charge on any atom is 0.128 e. The van der Waals surface area contributed by atoms with Crippen molar-refractivity contribution in [3.8, 4) is 11.5 Å². The molecule has 0 saturated carbocycles. The normalized spacial score (nSPS) is 9.18. The molecule has 0 atom stereocenters. The largest absolute Gasteiger partial charge is 0.457 e. The van der Waals surface area contributed by atoms with Crippen molar-refractivity contribution in [2.24, 2.45) is 0 Å². The third kappa shape index (κ3) is 4.53. The predicted molar refractivity (Wildman–Crippen MR) is 76.3 cm³/mol. The first kappa shape index (κ1) is 13.7. The summed E-state index contributed by atoms with van der Waals surface area (Å²) in [5, 5.41) is 0. The van der Waals surface area contributed by atoms with Gasteiger partial charge in [0.15, 0.2) is 0 Å². The molecule has 90 valence electrons. The van der Waals surface area contributed by atoms with E-state index in [1.54, 1.807) is 0 Å². The number of ether oxygens (including phenoxy) is 1. The summed E-state index contributed by atoms with van der Waals surface area (Å²) in [6.07, 6.45) is 0. The molecule has 2 aromatic carbocycles. The Morgan fingerprint density at radius 3 is 2.12 bits per heavy atom. The molecule has 0 amide bonds. The van der Waals surface area contributed by atoms with Crippen LogP contribution in [0.4, 0.5) is 0 Å². The van der Waals surface area contributed by atoms with Gasteiger partial charge in [-0.1, -0.05) is 32.0 Å². The van der Waals surface area contributed by atoms with E-state index >= 15 is 0 Å². The van der Waals surface area contributed by atoms with E-state index in [4.69, 9.17) is 4.74 Å². The van der Waals surface area contributed by atoms with Crippen LogP contribution in [-0.2, 0) is 0 Å². The zero-order valence-corrected chi connectivity index (χ0v) is 11.4. The first-order valence-electron chi connectivity index (χ1n) is 5.77. The molecule has 17 heavy (non-hydrogen) atoms. The Kier molecular flexibility index (Phi) is 5.64. The Morgan fingerprint density at radius 2 is 1.53 bits per heavy atom. The van der Waals surface area contributed by atoms with Gasteiger partial charge in [-0.3, -0.25) is 0 Å². The average Bonchev–Trinajstić information content (AvgIpc) is 2.31. The second-order valence-electron chi connectivity index (χ2n) is 3.42. The summed E-state index contributed by atoms with van der Waals surface area (Å²) in [4.78, 5) is 0.918. The zero-order chi connectivity index (χ0) is 12.7. The van der Waals surface area contributed by atoms with E-state index in [0.29, 0.717) is 0 Å². The zero-order valence-electron chi connectivity index (χ0n) is 10.5. The van der Waals surface area contributed by atoms with E-state index in [1.165, 1.54) is 0 Å². The van der Waals surface area contributed by atoms with E-state index in [0.717, 1.165) is 22.0 Å². The third-order valence-electron chi connectivity index (χ3n) is 2.01. The highest BCUT2D eigenvalue weighted by Crippen LogP contribution is 2.24. The van der Waals surface area contributed by atoms with Crippen LogP contribution < -0.4 is 4.74 Å². The first-order chi connectivity index (χ1) is 8.24. The van der Waals surface area contributed by atoms with Crippen molar-refractivity contribution in [3.63, 3.8) is 0 Å². The van der Waals surface area contributed by atoms with Crippen molar-refractivity contribution in [2.75, 3.05) is 0 Å². The molecule has 2 aromatic rings. The van der Waals surface area contributed by atoms with Gasteiger partial charge < -0.3 is 4.74 Å². The van der Waals surface area contributed by atoms with Crippen LogP contribution in [-0.4, -0.2) is 0 Å². The Balaban J connectivity index is 0.000000686. The van der Waals surface area contributed by atoms with Crippen molar-refractivity contribution < 1.29 is 4.74 Å². The number of thiol groups is 1. The fourth-order valence-electron chi connectivity index (χ4n) is 1.41. The third-order valence-corrected chi connectivity index (χ3v) is 2.27. The van der Waals surface area contributed by atoms with Crippen LogP contribution in [0.5, 0.6) is 11.5 Å². The summed E-state index contributed by atoms with van der Waals surface area (Å²) in [6.45, 7) is 6.03. The highest BCUT2D eigenvalue weighted by molar-refractivity contribution is 7.80. The van der Waals surface area contributed by atoms with Gasteiger partial charge >= 0.3 is 0 Å². The van der Waals surface area contributed by atoms with Crippen LogP contribution >= 0.6 is 12.6 Å². The van der Waals surface area contributed by atoms with Crippen molar-refractivity contribution in [1.82, 2.24) is 0 Å². The second-order valence-corrected chi connectivity index (χ2v) is 3.94. The van der Waals surface area contributed by atoms with Crippen LogP contribution in [0.3, 0.4) is 0 Å². The lowest BCUT2D eigenvalue weighted by atomic mass is 10.2.